The molecule has 9 heteroatoms. The van der Waals surface area contributed by atoms with Gasteiger partial charge in [-0.25, -0.2) is 8.42 Å². The van der Waals surface area contributed by atoms with Gasteiger partial charge in [-0.05, 0) is 44.8 Å². The molecule has 1 aromatic rings. The predicted octanol–water partition coefficient (Wildman–Crippen LogP) is 0.0741. The van der Waals surface area contributed by atoms with Crippen LogP contribution in [0.25, 0.3) is 0 Å². The number of hydrogen-bond acceptors (Lipinski definition) is 6. The van der Waals surface area contributed by atoms with E-state index in [1.165, 1.54) is 29.2 Å². The Hall–Kier alpha value is -2.44. The van der Waals surface area contributed by atoms with Crippen molar-refractivity contribution in [3.8, 4) is 6.07 Å². The van der Waals surface area contributed by atoms with Crippen LogP contribution in [0.5, 0.6) is 0 Å². The smallest absolute Gasteiger partial charge is 0.313 e. The molecule has 2 rings (SSSR count). The Morgan fingerprint density at radius 1 is 1.23 bits per heavy atom. The molecule has 0 saturated carbocycles. The molecule has 1 aliphatic heterocycles. The van der Waals surface area contributed by atoms with Crippen molar-refractivity contribution in [1.29, 1.82) is 5.26 Å². The SMILES string of the molecule is CN(C)CCN(C(=O)C(=O)Nc1ccc(C#N)cc1)C1CCS(=O)(=O)C1. The van der Waals surface area contributed by atoms with Gasteiger partial charge in [0.15, 0.2) is 9.84 Å². The third-order valence-corrected chi connectivity index (χ3v) is 5.91. The van der Waals surface area contributed by atoms with Crippen LogP contribution in [0.2, 0.25) is 0 Å². The second-order valence-corrected chi connectivity index (χ2v) is 8.73. The minimum Gasteiger partial charge on any atom is -0.329 e. The molecule has 1 saturated heterocycles. The van der Waals surface area contributed by atoms with Crippen LogP contribution in [0, 0.1) is 11.3 Å². The zero-order valence-electron chi connectivity index (χ0n) is 14.8. The van der Waals surface area contributed by atoms with Crippen molar-refractivity contribution >= 4 is 27.3 Å². The molecule has 0 bridgehead atoms. The Bertz CT molecular complexity index is 812. The summed E-state index contributed by atoms with van der Waals surface area (Å²) in [6, 6.07) is 7.63. The number of nitriles is 1. The predicted molar refractivity (Wildman–Crippen MR) is 97.1 cm³/mol. The quantitative estimate of drug-likeness (QED) is 0.726. The number of likely N-dealkylation sites (N-methyl/N-ethyl adjacent to an activating group) is 1. The van der Waals surface area contributed by atoms with Gasteiger partial charge in [-0.15, -0.1) is 0 Å². The maximum atomic E-state index is 12.6. The number of carbonyl (C=O) groups is 2. The number of rotatable bonds is 5. The van der Waals surface area contributed by atoms with Crippen LogP contribution in [0.4, 0.5) is 5.69 Å². The molecular weight excluding hydrogens is 356 g/mol. The first-order chi connectivity index (χ1) is 12.2. The number of amides is 2. The largest absolute Gasteiger partial charge is 0.329 e. The number of carbonyl (C=O) groups excluding carboxylic acids is 2. The van der Waals surface area contributed by atoms with Crippen LogP contribution in [-0.2, 0) is 19.4 Å². The highest BCUT2D eigenvalue weighted by molar-refractivity contribution is 7.91. The van der Waals surface area contributed by atoms with E-state index in [1.807, 2.05) is 25.1 Å². The molecule has 0 spiro atoms. The van der Waals surface area contributed by atoms with Crippen molar-refractivity contribution in [3.05, 3.63) is 29.8 Å². The number of benzene rings is 1. The topological polar surface area (TPSA) is 111 Å². The summed E-state index contributed by atoms with van der Waals surface area (Å²) in [5.74, 6) is -1.66. The van der Waals surface area contributed by atoms with Crippen LogP contribution < -0.4 is 5.32 Å². The van der Waals surface area contributed by atoms with Gasteiger partial charge in [-0.1, -0.05) is 0 Å². The van der Waals surface area contributed by atoms with E-state index in [4.69, 9.17) is 5.26 Å². The molecule has 8 nitrogen and oxygen atoms in total. The summed E-state index contributed by atoms with van der Waals surface area (Å²) in [7, 11) is 0.502. The Labute approximate surface area is 153 Å². The zero-order valence-corrected chi connectivity index (χ0v) is 15.6. The number of anilines is 1. The molecule has 1 unspecified atom stereocenters. The highest BCUT2D eigenvalue weighted by Crippen LogP contribution is 2.18. The normalized spacial score (nSPS) is 18.3. The summed E-state index contributed by atoms with van der Waals surface area (Å²) >= 11 is 0. The second-order valence-electron chi connectivity index (χ2n) is 6.50. The van der Waals surface area contributed by atoms with Crippen LogP contribution >= 0.6 is 0 Å². The summed E-state index contributed by atoms with van der Waals surface area (Å²) in [4.78, 5) is 28.2. The van der Waals surface area contributed by atoms with Gasteiger partial charge < -0.3 is 15.1 Å². The molecule has 0 radical (unpaired) electrons. The van der Waals surface area contributed by atoms with Crippen molar-refractivity contribution in [2.24, 2.45) is 0 Å². The van der Waals surface area contributed by atoms with Crippen molar-refractivity contribution in [2.45, 2.75) is 12.5 Å². The van der Waals surface area contributed by atoms with E-state index in [-0.39, 0.29) is 18.1 Å². The minimum absolute atomic E-state index is 0.0284. The fraction of sp³-hybridized carbons (Fsp3) is 0.471. The van der Waals surface area contributed by atoms with Crippen LogP contribution in [0.3, 0.4) is 0 Å². The van der Waals surface area contributed by atoms with E-state index < -0.39 is 27.7 Å². The van der Waals surface area contributed by atoms with Crippen LogP contribution in [-0.4, -0.2) is 74.8 Å². The third kappa shape index (κ3) is 5.28. The standard InChI is InChI=1S/C17H22N4O4S/c1-20(2)8-9-21(15-7-10-26(24,25)12-15)17(23)16(22)19-14-5-3-13(11-18)4-6-14/h3-6,15H,7-10,12H2,1-2H3,(H,19,22). The van der Waals surface area contributed by atoms with Crippen molar-refractivity contribution in [2.75, 3.05) is 44.0 Å². The Morgan fingerprint density at radius 3 is 2.38 bits per heavy atom. The molecule has 2 amide bonds. The highest BCUT2D eigenvalue weighted by atomic mass is 32.2. The average Bonchev–Trinajstić information content (AvgIpc) is 2.95. The van der Waals surface area contributed by atoms with E-state index in [0.717, 1.165) is 0 Å². The number of nitrogens with one attached hydrogen (secondary N) is 1. The first-order valence-corrected chi connectivity index (χ1v) is 10.0. The van der Waals surface area contributed by atoms with E-state index in [1.54, 1.807) is 0 Å². The van der Waals surface area contributed by atoms with E-state index in [2.05, 4.69) is 5.32 Å². The lowest BCUT2D eigenvalue weighted by atomic mass is 10.2. The first kappa shape index (κ1) is 19.9. The number of hydrogen-bond donors (Lipinski definition) is 1. The second kappa shape index (κ2) is 8.29. The summed E-state index contributed by atoms with van der Waals surface area (Å²) in [6.45, 7) is 0.791. The van der Waals surface area contributed by atoms with E-state index in [0.29, 0.717) is 24.2 Å². The van der Waals surface area contributed by atoms with Gasteiger partial charge in [0.25, 0.3) is 0 Å². The summed E-state index contributed by atoms with van der Waals surface area (Å²) in [5.41, 5.74) is 0.840. The summed E-state index contributed by atoms with van der Waals surface area (Å²) < 4.78 is 23.5. The monoisotopic (exact) mass is 378 g/mol. The van der Waals surface area contributed by atoms with Crippen molar-refractivity contribution < 1.29 is 18.0 Å². The fourth-order valence-corrected chi connectivity index (χ4v) is 4.45. The third-order valence-electron chi connectivity index (χ3n) is 4.16. The lowest BCUT2D eigenvalue weighted by molar-refractivity contribution is -0.144. The van der Waals surface area contributed by atoms with Gasteiger partial charge in [0, 0.05) is 24.8 Å². The molecule has 0 aromatic heterocycles. The number of nitrogens with zero attached hydrogens (tertiary/aromatic N) is 3. The molecule has 1 fully saturated rings. The first-order valence-electron chi connectivity index (χ1n) is 8.19. The molecule has 26 heavy (non-hydrogen) atoms. The lowest BCUT2D eigenvalue weighted by Gasteiger charge is -2.28. The maximum absolute atomic E-state index is 12.6. The zero-order chi connectivity index (χ0) is 19.3. The Kier molecular flexibility index (Phi) is 6.34. The molecular formula is C17H22N4O4S. The molecule has 1 heterocycles. The molecule has 1 atom stereocenters. The maximum Gasteiger partial charge on any atom is 0.313 e. The van der Waals surface area contributed by atoms with Crippen molar-refractivity contribution in [3.63, 3.8) is 0 Å². The van der Waals surface area contributed by atoms with Gasteiger partial charge in [0.05, 0.1) is 23.1 Å². The average molecular weight is 378 g/mol. The molecule has 1 aliphatic rings. The Balaban J connectivity index is 2.10. The molecule has 1 N–H and O–H groups in total. The summed E-state index contributed by atoms with van der Waals surface area (Å²) in [5, 5.41) is 11.3. The summed E-state index contributed by atoms with van der Waals surface area (Å²) in [6.07, 6.45) is 0.339. The molecule has 0 aliphatic carbocycles. The van der Waals surface area contributed by atoms with E-state index >= 15 is 0 Å². The minimum atomic E-state index is -3.17. The van der Waals surface area contributed by atoms with Gasteiger partial charge in [0.1, 0.15) is 0 Å². The molecule has 140 valence electrons. The van der Waals surface area contributed by atoms with Crippen molar-refractivity contribution in [1.82, 2.24) is 9.80 Å². The van der Waals surface area contributed by atoms with Gasteiger partial charge >= 0.3 is 11.8 Å². The van der Waals surface area contributed by atoms with Crippen LogP contribution in [0.15, 0.2) is 24.3 Å². The molecule has 1 aromatic carbocycles. The van der Waals surface area contributed by atoms with E-state index in [9.17, 15) is 18.0 Å². The van der Waals surface area contributed by atoms with Gasteiger partial charge in [-0.3, -0.25) is 9.59 Å². The fourth-order valence-electron chi connectivity index (χ4n) is 2.72. The van der Waals surface area contributed by atoms with Gasteiger partial charge in [0.2, 0.25) is 0 Å². The van der Waals surface area contributed by atoms with Crippen LogP contribution in [0.1, 0.15) is 12.0 Å². The number of sulfone groups is 1. The van der Waals surface area contributed by atoms with Gasteiger partial charge in [-0.2, -0.15) is 5.26 Å². The highest BCUT2D eigenvalue weighted by Gasteiger charge is 2.36. The lowest BCUT2D eigenvalue weighted by Crippen LogP contribution is -2.48. The Morgan fingerprint density at radius 2 is 1.88 bits per heavy atom.